The van der Waals surface area contributed by atoms with Crippen LogP contribution in [0.15, 0.2) is 35.1 Å². The summed E-state index contributed by atoms with van der Waals surface area (Å²) < 4.78 is 34.0. The molecule has 0 spiro atoms. The third-order valence-electron chi connectivity index (χ3n) is 5.59. The van der Waals surface area contributed by atoms with E-state index < -0.39 is 17.2 Å². The first-order valence-electron chi connectivity index (χ1n) is 12.0. The van der Waals surface area contributed by atoms with E-state index in [2.05, 4.69) is 25.9 Å². The number of aromatic nitrogens is 2. The molecule has 1 heterocycles. The fraction of sp³-hybridized carbons (Fsp3) is 0.440. The maximum absolute atomic E-state index is 14.6. The van der Waals surface area contributed by atoms with Crippen molar-refractivity contribution in [3.05, 3.63) is 52.3 Å². The predicted octanol–water partition coefficient (Wildman–Crippen LogP) is 2.99. The minimum atomic E-state index is -0.581. The van der Waals surface area contributed by atoms with E-state index in [0.717, 1.165) is 57.9 Å². The van der Waals surface area contributed by atoms with E-state index in [-0.39, 0.29) is 28.0 Å². The molecule has 0 aliphatic rings. The summed E-state index contributed by atoms with van der Waals surface area (Å²) in [6.45, 7) is 4.96. The van der Waals surface area contributed by atoms with E-state index in [1.807, 2.05) is 0 Å². The van der Waals surface area contributed by atoms with Crippen LogP contribution in [0.4, 0.5) is 14.5 Å². The summed E-state index contributed by atoms with van der Waals surface area (Å²) in [7, 11) is 1.44. The molecule has 0 aliphatic heterocycles. The van der Waals surface area contributed by atoms with Crippen molar-refractivity contribution in [2.45, 2.75) is 25.7 Å². The lowest BCUT2D eigenvalue weighted by molar-refractivity contribution is 0.411. The third-order valence-corrected chi connectivity index (χ3v) is 5.59. The Morgan fingerprint density at radius 2 is 1.66 bits per heavy atom. The maximum Gasteiger partial charge on any atom is 0.259 e. The summed E-state index contributed by atoms with van der Waals surface area (Å²) in [5.74, 6) is -0.697. The molecule has 0 atom stereocenters. The van der Waals surface area contributed by atoms with Crippen molar-refractivity contribution in [2.24, 2.45) is 5.73 Å². The monoisotopic (exact) mass is 488 g/mol. The van der Waals surface area contributed by atoms with Crippen molar-refractivity contribution in [1.29, 1.82) is 0 Å². The van der Waals surface area contributed by atoms with Crippen LogP contribution in [0.1, 0.15) is 25.7 Å². The minimum absolute atomic E-state index is 0.0685. The van der Waals surface area contributed by atoms with Crippen LogP contribution in [-0.2, 0) is 0 Å². The van der Waals surface area contributed by atoms with Crippen molar-refractivity contribution in [3.63, 3.8) is 0 Å². The van der Waals surface area contributed by atoms with Gasteiger partial charge in [-0.2, -0.15) is 0 Å². The van der Waals surface area contributed by atoms with Gasteiger partial charge in [0.15, 0.2) is 0 Å². The summed E-state index contributed by atoms with van der Waals surface area (Å²) in [5.41, 5.74) is 5.57. The second-order valence-electron chi connectivity index (χ2n) is 8.24. The largest absolute Gasteiger partial charge is 0.497 e. The normalized spacial score (nSPS) is 11.2. The standard InChI is InChI=1S/C25H34F2N6O2/c1-35-17-6-7-18(20(26)14-17)24-32-22-16-23(21(27)15-19(22)25(34)33-24)31-13-5-12-30-10-3-2-9-29-11-4-8-28/h6-7,14-16,29-31H,2-5,8-13,28H2,1H3,(H,32,33,34). The highest BCUT2D eigenvalue weighted by Gasteiger charge is 2.14. The molecule has 0 bridgehead atoms. The molecule has 0 saturated carbocycles. The number of hydrogen-bond acceptors (Lipinski definition) is 7. The number of nitrogens with two attached hydrogens (primary N) is 1. The molecule has 8 nitrogen and oxygen atoms in total. The average Bonchev–Trinajstić information content (AvgIpc) is 2.85. The van der Waals surface area contributed by atoms with Gasteiger partial charge in [0.25, 0.3) is 5.56 Å². The number of unbranched alkanes of at least 4 members (excludes halogenated alkanes) is 1. The molecule has 0 aliphatic carbocycles. The Labute approximate surface area is 203 Å². The number of rotatable bonds is 15. The number of H-pyrrole nitrogens is 1. The number of aromatic amines is 1. The molecule has 3 rings (SSSR count). The smallest absolute Gasteiger partial charge is 0.259 e. The van der Waals surface area contributed by atoms with Gasteiger partial charge in [-0.1, -0.05) is 0 Å². The van der Waals surface area contributed by atoms with Gasteiger partial charge < -0.3 is 31.4 Å². The molecule has 35 heavy (non-hydrogen) atoms. The van der Waals surface area contributed by atoms with Crippen LogP contribution in [-0.4, -0.2) is 56.3 Å². The first-order valence-corrected chi connectivity index (χ1v) is 12.0. The highest BCUT2D eigenvalue weighted by atomic mass is 19.1. The fourth-order valence-corrected chi connectivity index (χ4v) is 3.65. The lowest BCUT2D eigenvalue weighted by Gasteiger charge is -2.11. The summed E-state index contributed by atoms with van der Waals surface area (Å²) in [4.78, 5) is 19.4. The molecule has 0 amide bonds. The zero-order valence-electron chi connectivity index (χ0n) is 20.1. The number of benzene rings is 2. The second-order valence-corrected chi connectivity index (χ2v) is 8.24. The van der Waals surface area contributed by atoms with Crippen molar-refractivity contribution >= 4 is 16.6 Å². The zero-order valence-corrected chi connectivity index (χ0v) is 20.1. The summed E-state index contributed by atoms with van der Waals surface area (Å²) in [5, 5.41) is 9.90. The Kier molecular flexibility index (Phi) is 10.4. The van der Waals surface area contributed by atoms with E-state index in [4.69, 9.17) is 10.5 Å². The molecule has 6 N–H and O–H groups in total. The number of ether oxygens (including phenoxy) is 1. The van der Waals surface area contributed by atoms with E-state index in [9.17, 15) is 13.6 Å². The predicted molar refractivity (Wildman–Crippen MR) is 136 cm³/mol. The van der Waals surface area contributed by atoms with Crippen molar-refractivity contribution < 1.29 is 13.5 Å². The van der Waals surface area contributed by atoms with Crippen LogP contribution in [0.2, 0.25) is 0 Å². The zero-order chi connectivity index (χ0) is 25.0. The molecule has 1 aromatic heterocycles. The lowest BCUT2D eigenvalue weighted by Crippen LogP contribution is -2.22. The summed E-state index contributed by atoms with van der Waals surface area (Å²) in [6.07, 6.45) is 3.99. The van der Waals surface area contributed by atoms with Crippen LogP contribution >= 0.6 is 0 Å². The third kappa shape index (κ3) is 7.71. The van der Waals surface area contributed by atoms with Crippen LogP contribution in [0.25, 0.3) is 22.3 Å². The first kappa shape index (κ1) is 26.5. The number of fused-ring (bicyclic) bond motifs is 1. The van der Waals surface area contributed by atoms with Gasteiger partial charge in [0.2, 0.25) is 0 Å². The van der Waals surface area contributed by atoms with Crippen LogP contribution < -0.4 is 32.0 Å². The van der Waals surface area contributed by atoms with Crippen molar-refractivity contribution in [1.82, 2.24) is 20.6 Å². The molecule has 2 aromatic carbocycles. The molecule has 190 valence electrons. The maximum atomic E-state index is 14.6. The Balaban J connectivity index is 1.53. The van der Waals surface area contributed by atoms with Crippen molar-refractivity contribution in [3.8, 4) is 17.1 Å². The molecule has 3 aromatic rings. The van der Waals surface area contributed by atoms with E-state index in [1.165, 1.54) is 25.3 Å². The van der Waals surface area contributed by atoms with Crippen LogP contribution in [0.3, 0.4) is 0 Å². The molecule has 0 fully saturated rings. The number of nitrogens with zero attached hydrogens (tertiary/aromatic N) is 1. The SMILES string of the molecule is COc1ccc(-c2nc3cc(NCCCNCCCCNCCCN)c(F)cc3c(=O)[nH]2)c(F)c1. The lowest BCUT2D eigenvalue weighted by atomic mass is 10.1. The van der Waals surface area contributed by atoms with Crippen LogP contribution in [0, 0.1) is 11.6 Å². The highest BCUT2D eigenvalue weighted by Crippen LogP contribution is 2.25. The van der Waals surface area contributed by atoms with Gasteiger partial charge in [-0.3, -0.25) is 4.79 Å². The molecular formula is C25H34F2N6O2. The Morgan fingerprint density at radius 1 is 0.943 bits per heavy atom. The van der Waals surface area contributed by atoms with E-state index in [1.54, 1.807) is 6.07 Å². The molecule has 10 heteroatoms. The van der Waals surface area contributed by atoms with Gasteiger partial charge >= 0.3 is 0 Å². The van der Waals surface area contributed by atoms with Crippen molar-refractivity contribution in [2.75, 3.05) is 51.7 Å². The Bertz CT molecular complexity index is 1150. The number of nitrogens with one attached hydrogen (secondary N) is 4. The number of halogens is 2. The fourth-order valence-electron chi connectivity index (χ4n) is 3.65. The number of anilines is 1. The highest BCUT2D eigenvalue weighted by molar-refractivity contribution is 5.83. The Hall–Kier alpha value is -3.08. The quantitative estimate of drug-likeness (QED) is 0.209. The molecule has 0 unspecified atom stereocenters. The minimum Gasteiger partial charge on any atom is -0.497 e. The second kappa shape index (κ2) is 13.7. The average molecular weight is 489 g/mol. The van der Waals surface area contributed by atoms with Gasteiger partial charge in [-0.25, -0.2) is 13.8 Å². The summed E-state index contributed by atoms with van der Waals surface area (Å²) >= 11 is 0. The molecule has 0 saturated heterocycles. The molecule has 0 radical (unpaired) electrons. The first-order chi connectivity index (χ1) is 17.0. The number of methoxy groups -OCH3 is 1. The van der Waals surface area contributed by atoms with Gasteiger partial charge in [0.05, 0.1) is 29.3 Å². The molecular weight excluding hydrogens is 454 g/mol. The topological polar surface area (TPSA) is 117 Å². The van der Waals surface area contributed by atoms with Gasteiger partial charge in [-0.15, -0.1) is 0 Å². The number of hydrogen-bond donors (Lipinski definition) is 5. The summed E-state index contributed by atoms with van der Waals surface area (Å²) in [6, 6.07) is 6.90. The van der Waals surface area contributed by atoms with E-state index >= 15 is 0 Å². The Morgan fingerprint density at radius 3 is 2.34 bits per heavy atom. The van der Waals surface area contributed by atoms with Gasteiger partial charge in [0, 0.05) is 12.6 Å². The van der Waals surface area contributed by atoms with Crippen LogP contribution in [0.5, 0.6) is 5.75 Å². The van der Waals surface area contributed by atoms with E-state index in [0.29, 0.717) is 18.8 Å². The van der Waals surface area contributed by atoms with Gasteiger partial charge in [-0.05, 0) is 82.7 Å². The van der Waals surface area contributed by atoms with Gasteiger partial charge in [0.1, 0.15) is 23.2 Å².